The van der Waals surface area contributed by atoms with E-state index < -0.39 is 10.0 Å². The number of fused-ring (bicyclic) bond motifs is 1. The number of thiazole rings is 1. The monoisotopic (exact) mass is 316 g/mol. The Morgan fingerprint density at radius 1 is 1.42 bits per heavy atom. The zero-order chi connectivity index (χ0) is 13.5. The summed E-state index contributed by atoms with van der Waals surface area (Å²) in [6.07, 6.45) is 2.03. The van der Waals surface area contributed by atoms with E-state index >= 15 is 0 Å². The number of sulfonamides is 1. The van der Waals surface area contributed by atoms with E-state index in [0.29, 0.717) is 12.3 Å². The summed E-state index contributed by atoms with van der Waals surface area (Å²) in [7, 11) is -3.63. The van der Waals surface area contributed by atoms with E-state index in [4.69, 9.17) is 16.3 Å². The second-order valence-electron chi connectivity index (χ2n) is 3.96. The third kappa shape index (κ3) is 2.54. The maximum Gasteiger partial charge on any atom is 0.273 e. The maximum atomic E-state index is 12.1. The third-order valence-electron chi connectivity index (χ3n) is 2.66. The molecule has 0 amide bonds. The number of nitrogens with one attached hydrogen (secondary N) is 1. The van der Waals surface area contributed by atoms with Gasteiger partial charge in [0.2, 0.25) is 0 Å². The van der Waals surface area contributed by atoms with Gasteiger partial charge in [-0.15, -0.1) is 0 Å². The van der Waals surface area contributed by atoms with Crippen LogP contribution in [0.25, 0.3) is 0 Å². The molecule has 0 unspecified atom stereocenters. The van der Waals surface area contributed by atoms with Crippen molar-refractivity contribution < 1.29 is 13.2 Å². The summed E-state index contributed by atoms with van der Waals surface area (Å²) in [6, 6.07) is 5.21. The number of hydrogen-bond acceptors (Lipinski definition) is 5. The van der Waals surface area contributed by atoms with Crippen molar-refractivity contribution in [2.24, 2.45) is 0 Å². The first-order valence-corrected chi connectivity index (χ1v) is 8.12. The Morgan fingerprint density at radius 2 is 2.26 bits per heavy atom. The lowest BCUT2D eigenvalue weighted by Gasteiger charge is -2.07. The second-order valence-corrected chi connectivity index (χ2v) is 7.48. The molecular weight excluding hydrogens is 308 g/mol. The van der Waals surface area contributed by atoms with Crippen LogP contribution in [0.3, 0.4) is 0 Å². The molecule has 5 nitrogen and oxygen atoms in total. The minimum atomic E-state index is -3.63. The Kier molecular flexibility index (Phi) is 3.12. The Morgan fingerprint density at radius 3 is 3.00 bits per heavy atom. The quantitative estimate of drug-likeness (QED) is 0.944. The molecule has 1 aromatic heterocycles. The van der Waals surface area contributed by atoms with E-state index in [-0.39, 0.29) is 8.68 Å². The van der Waals surface area contributed by atoms with Crippen LogP contribution in [0.5, 0.6) is 5.75 Å². The molecule has 2 aromatic rings. The summed E-state index contributed by atoms with van der Waals surface area (Å²) in [5.41, 5.74) is 1.51. The van der Waals surface area contributed by atoms with Crippen molar-refractivity contribution in [1.29, 1.82) is 0 Å². The zero-order valence-electron chi connectivity index (χ0n) is 9.59. The molecule has 0 aliphatic carbocycles. The number of hydrogen-bond donors (Lipinski definition) is 1. The van der Waals surface area contributed by atoms with Gasteiger partial charge in [-0.2, -0.15) is 0 Å². The van der Waals surface area contributed by atoms with Crippen LogP contribution in [0.15, 0.2) is 28.6 Å². The van der Waals surface area contributed by atoms with Crippen LogP contribution < -0.4 is 9.46 Å². The number of halogens is 1. The molecular formula is C11H9ClN2O3S2. The fourth-order valence-corrected chi connectivity index (χ4v) is 4.16. The van der Waals surface area contributed by atoms with Crippen LogP contribution >= 0.6 is 22.9 Å². The first kappa shape index (κ1) is 12.7. The van der Waals surface area contributed by atoms with E-state index in [1.54, 1.807) is 18.2 Å². The van der Waals surface area contributed by atoms with Gasteiger partial charge in [-0.05, 0) is 23.8 Å². The van der Waals surface area contributed by atoms with E-state index in [0.717, 1.165) is 29.1 Å². The summed E-state index contributed by atoms with van der Waals surface area (Å²) in [6.45, 7) is 0.635. The molecule has 8 heteroatoms. The topological polar surface area (TPSA) is 68.3 Å². The molecule has 19 heavy (non-hydrogen) atoms. The minimum absolute atomic E-state index is 0.0919. The Hall–Kier alpha value is -1.31. The zero-order valence-corrected chi connectivity index (χ0v) is 12.0. The molecule has 0 saturated heterocycles. The summed E-state index contributed by atoms with van der Waals surface area (Å²) >= 11 is 6.56. The predicted molar refractivity (Wildman–Crippen MR) is 73.6 cm³/mol. The van der Waals surface area contributed by atoms with Gasteiger partial charge in [-0.1, -0.05) is 22.9 Å². The third-order valence-corrected chi connectivity index (χ3v) is 5.62. The molecule has 0 radical (unpaired) electrons. The Labute approximate surface area is 119 Å². The lowest BCUT2D eigenvalue weighted by molar-refractivity contribution is 0.357. The van der Waals surface area contributed by atoms with Gasteiger partial charge in [0.25, 0.3) is 10.0 Å². The first-order valence-electron chi connectivity index (χ1n) is 5.44. The molecule has 0 bridgehead atoms. The molecule has 0 saturated carbocycles. The summed E-state index contributed by atoms with van der Waals surface area (Å²) in [5.74, 6) is 0.809. The van der Waals surface area contributed by atoms with Crippen molar-refractivity contribution in [3.63, 3.8) is 0 Å². The maximum absolute atomic E-state index is 12.1. The van der Waals surface area contributed by atoms with Crippen molar-refractivity contribution >= 4 is 38.6 Å². The SMILES string of the molecule is O=S(=O)(Nc1ccc2c(c1)CCO2)c1cnc(Cl)s1. The van der Waals surface area contributed by atoms with Gasteiger partial charge in [0.15, 0.2) is 8.68 Å². The number of nitrogens with zero attached hydrogens (tertiary/aromatic N) is 1. The highest BCUT2D eigenvalue weighted by atomic mass is 35.5. The highest BCUT2D eigenvalue weighted by molar-refractivity contribution is 7.94. The van der Waals surface area contributed by atoms with Gasteiger partial charge in [-0.3, -0.25) is 4.72 Å². The van der Waals surface area contributed by atoms with Gasteiger partial charge >= 0.3 is 0 Å². The number of rotatable bonds is 3. The number of benzene rings is 1. The van der Waals surface area contributed by atoms with Crippen molar-refractivity contribution in [3.8, 4) is 5.75 Å². The molecule has 0 spiro atoms. The lowest BCUT2D eigenvalue weighted by Crippen LogP contribution is -2.11. The molecule has 1 aliphatic heterocycles. The van der Waals surface area contributed by atoms with E-state index in [1.807, 2.05) is 0 Å². The van der Waals surface area contributed by atoms with E-state index in [1.165, 1.54) is 6.20 Å². The van der Waals surface area contributed by atoms with Crippen LogP contribution in [-0.2, 0) is 16.4 Å². The van der Waals surface area contributed by atoms with Gasteiger partial charge in [0, 0.05) is 12.1 Å². The minimum Gasteiger partial charge on any atom is -0.493 e. The van der Waals surface area contributed by atoms with Crippen LogP contribution in [0.4, 0.5) is 5.69 Å². The molecule has 1 aliphatic rings. The molecule has 1 aromatic carbocycles. The second kappa shape index (κ2) is 4.66. The Balaban J connectivity index is 1.89. The van der Waals surface area contributed by atoms with Crippen LogP contribution in [0.1, 0.15) is 5.56 Å². The average Bonchev–Trinajstić information content (AvgIpc) is 2.96. The Bertz CT molecular complexity index is 727. The number of anilines is 1. The molecule has 2 heterocycles. The summed E-state index contributed by atoms with van der Waals surface area (Å²) in [5, 5.41) is 0. The summed E-state index contributed by atoms with van der Waals surface area (Å²) < 4.78 is 32.3. The fraction of sp³-hybridized carbons (Fsp3) is 0.182. The van der Waals surface area contributed by atoms with Crippen molar-refractivity contribution in [1.82, 2.24) is 4.98 Å². The number of ether oxygens (including phenoxy) is 1. The van der Waals surface area contributed by atoms with Crippen molar-refractivity contribution in [3.05, 3.63) is 34.4 Å². The number of aromatic nitrogens is 1. The van der Waals surface area contributed by atoms with E-state index in [9.17, 15) is 8.42 Å². The fourth-order valence-electron chi connectivity index (χ4n) is 1.82. The van der Waals surface area contributed by atoms with Gasteiger partial charge in [0.1, 0.15) is 5.75 Å². The molecule has 1 N–H and O–H groups in total. The lowest BCUT2D eigenvalue weighted by atomic mass is 10.1. The van der Waals surface area contributed by atoms with E-state index in [2.05, 4.69) is 9.71 Å². The van der Waals surface area contributed by atoms with Gasteiger partial charge in [-0.25, -0.2) is 13.4 Å². The highest BCUT2D eigenvalue weighted by Crippen LogP contribution is 2.30. The van der Waals surface area contributed by atoms with Crippen LogP contribution in [-0.4, -0.2) is 20.0 Å². The van der Waals surface area contributed by atoms with Crippen LogP contribution in [0, 0.1) is 0 Å². The molecule has 100 valence electrons. The van der Waals surface area contributed by atoms with Crippen molar-refractivity contribution in [2.75, 3.05) is 11.3 Å². The summed E-state index contributed by atoms with van der Waals surface area (Å²) in [4.78, 5) is 3.73. The smallest absolute Gasteiger partial charge is 0.273 e. The van der Waals surface area contributed by atoms with Crippen molar-refractivity contribution in [2.45, 2.75) is 10.6 Å². The normalized spacial score (nSPS) is 13.9. The highest BCUT2D eigenvalue weighted by Gasteiger charge is 2.19. The largest absolute Gasteiger partial charge is 0.493 e. The molecule has 3 rings (SSSR count). The molecule has 0 atom stereocenters. The standard InChI is InChI=1S/C11H9ClN2O3S2/c12-11-13-6-10(18-11)19(15,16)14-8-1-2-9-7(5-8)3-4-17-9/h1-2,5-6,14H,3-4H2. The average molecular weight is 317 g/mol. The molecule has 0 fully saturated rings. The first-order chi connectivity index (χ1) is 9.04. The van der Waals surface area contributed by atoms with Crippen LogP contribution in [0.2, 0.25) is 4.47 Å². The van der Waals surface area contributed by atoms with Gasteiger partial charge < -0.3 is 4.74 Å². The van der Waals surface area contributed by atoms with Gasteiger partial charge in [0.05, 0.1) is 12.8 Å². The predicted octanol–water partition coefficient (Wildman–Crippen LogP) is 2.53.